The molecule has 8 heteroatoms. The maximum Gasteiger partial charge on any atom is 0.242 e. The first-order chi connectivity index (χ1) is 12.1. The molecule has 1 saturated heterocycles. The highest BCUT2D eigenvalue weighted by Crippen LogP contribution is 2.21. The Morgan fingerprint density at radius 2 is 2.12 bits per heavy atom. The van der Waals surface area contributed by atoms with Crippen molar-refractivity contribution < 1.29 is 9.53 Å². The van der Waals surface area contributed by atoms with Crippen LogP contribution in [0.2, 0.25) is 0 Å². The van der Waals surface area contributed by atoms with Gasteiger partial charge in [0.05, 0.1) is 31.1 Å². The van der Waals surface area contributed by atoms with Gasteiger partial charge in [-0.05, 0) is 25.8 Å². The van der Waals surface area contributed by atoms with Crippen LogP contribution < -0.4 is 10.2 Å². The van der Waals surface area contributed by atoms with Crippen LogP contribution in [-0.4, -0.2) is 47.0 Å². The van der Waals surface area contributed by atoms with Gasteiger partial charge in [-0.25, -0.2) is 4.98 Å². The minimum absolute atomic E-state index is 0.0471. The summed E-state index contributed by atoms with van der Waals surface area (Å²) in [5, 5.41) is 10.4. The highest BCUT2D eigenvalue weighted by atomic mass is 32.1. The predicted molar refractivity (Wildman–Crippen MR) is 98.1 cm³/mol. The number of hydrogen-bond acceptors (Lipinski definition) is 6. The zero-order chi connectivity index (χ0) is 17.8. The fourth-order valence-corrected chi connectivity index (χ4v) is 3.94. The van der Waals surface area contributed by atoms with Gasteiger partial charge in [-0.2, -0.15) is 5.10 Å². The van der Waals surface area contributed by atoms with E-state index in [2.05, 4.69) is 27.2 Å². The molecule has 0 bridgehead atoms. The van der Waals surface area contributed by atoms with E-state index in [1.54, 1.807) is 16.0 Å². The van der Waals surface area contributed by atoms with E-state index in [1.807, 2.05) is 19.2 Å². The van der Waals surface area contributed by atoms with E-state index < -0.39 is 0 Å². The number of morpholine rings is 1. The molecule has 0 atom stereocenters. The summed E-state index contributed by atoms with van der Waals surface area (Å²) < 4.78 is 7.14. The molecule has 0 unspecified atom stereocenters. The number of hydrogen-bond donors (Lipinski definition) is 1. The third kappa shape index (κ3) is 4.19. The molecule has 136 valence electrons. The van der Waals surface area contributed by atoms with Crippen LogP contribution in [0.4, 0.5) is 5.13 Å². The van der Waals surface area contributed by atoms with Crippen molar-refractivity contribution in [1.29, 1.82) is 0 Å². The molecular weight excluding hydrogens is 338 g/mol. The van der Waals surface area contributed by atoms with E-state index >= 15 is 0 Å². The van der Waals surface area contributed by atoms with E-state index in [0.29, 0.717) is 6.54 Å². The Bertz CT molecular complexity index is 733. The Labute approximate surface area is 152 Å². The molecule has 7 nitrogen and oxygen atoms in total. The van der Waals surface area contributed by atoms with Crippen molar-refractivity contribution in [2.45, 2.75) is 40.3 Å². The number of anilines is 1. The topological polar surface area (TPSA) is 72.3 Å². The second kappa shape index (κ2) is 7.97. The lowest BCUT2D eigenvalue weighted by atomic mass is 10.1. The van der Waals surface area contributed by atoms with Gasteiger partial charge in [0.2, 0.25) is 5.91 Å². The van der Waals surface area contributed by atoms with Crippen LogP contribution in [0.5, 0.6) is 0 Å². The van der Waals surface area contributed by atoms with Gasteiger partial charge in [0, 0.05) is 24.2 Å². The highest BCUT2D eigenvalue weighted by Gasteiger charge is 2.16. The third-order valence-corrected chi connectivity index (χ3v) is 5.42. The molecule has 3 heterocycles. The average molecular weight is 363 g/mol. The molecule has 0 radical (unpaired) electrons. The molecule has 1 aliphatic rings. The number of thiazole rings is 1. The minimum atomic E-state index is -0.0471. The Kier molecular flexibility index (Phi) is 5.70. The second-order valence-corrected chi connectivity index (χ2v) is 6.99. The number of ether oxygens (including phenoxy) is 1. The summed E-state index contributed by atoms with van der Waals surface area (Å²) >= 11 is 1.61. The van der Waals surface area contributed by atoms with Gasteiger partial charge in [0.25, 0.3) is 0 Å². The summed E-state index contributed by atoms with van der Waals surface area (Å²) in [6, 6.07) is 0. The van der Waals surface area contributed by atoms with Crippen LogP contribution in [0.1, 0.15) is 29.6 Å². The average Bonchev–Trinajstić information content (AvgIpc) is 3.19. The van der Waals surface area contributed by atoms with E-state index in [4.69, 9.17) is 4.74 Å². The third-order valence-electron chi connectivity index (χ3n) is 4.47. The number of rotatable bonds is 6. The molecule has 0 aliphatic carbocycles. The number of aryl methyl sites for hydroxylation is 1. The summed E-state index contributed by atoms with van der Waals surface area (Å²) in [5.41, 5.74) is 4.19. The summed E-state index contributed by atoms with van der Waals surface area (Å²) in [5.74, 6) is -0.0471. The quantitative estimate of drug-likeness (QED) is 0.845. The Balaban J connectivity index is 1.53. The second-order valence-electron chi connectivity index (χ2n) is 6.16. The molecule has 1 aliphatic heterocycles. The van der Waals surface area contributed by atoms with Crippen LogP contribution in [0.3, 0.4) is 0 Å². The maximum atomic E-state index is 12.2. The van der Waals surface area contributed by atoms with Crippen molar-refractivity contribution >= 4 is 22.4 Å². The largest absolute Gasteiger partial charge is 0.378 e. The number of carbonyl (C=O) groups excluding carboxylic acids is 1. The maximum absolute atomic E-state index is 12.2. The summed E-state index contributed by atoms with van der Waals surface area (Å²) in [7, 11) is 0. The SMILES string of the molecule is CCc1c(C)nn(CC(=O)NCc2csc(N3CCOCC3)n2)c1C. The van der Waals surface area contributed by atoms with E-state index in [0.717, 1.165) is 54.9 Å². The van der Waals surface area contributed by atoms with Crippen LogP contribution in [0.15, 0.2) is 5.38 Å². The van der Waals surface area contributed by atoms with Crippen LogP contribution in [0.25, 0.3) is 0 Å². The van der Waals surface area contributed by atoms with Gasteiger partial charge >= 0.3 is 0 Å². The van der Waals surface area contributed by atoms with E-state index in [1.165, 1.54) is 5.56 Å². The standard InChI is InChI=1S/C17H25N5O2S/c1-4-15-12(2)20-22(13(15)3)10-16(23)18-9-14-11-25-17(19-14)21-5-7-24-8-6-21/h11H,4-10H2,1-3H3,(H,18,23). The first-order valence-corrected chi connectivity index (χ1v) is 9.53. The van der Waals surface area contributed by atoms with Gasteiger partial charge in [-0.1, -0.05) is 6.92 Å². The van der Waals surface area contributed by atoms with Gasteiger partial charge in [-0.3, -0.25) is 9.48 Å². The fourth-order valence-electron chi connectivity index (χ4n) is 3.06. The molecule has 0 spiro atoms. The van der Waals surface area contributed by atoms with Crippen molar-refractivity contribution in [2.24, 2.45) is 0 Å². The number of nitrogens with zero attached hydrogens (tertiary/aromatic N) is 4. The molecule has 0 saturated carbocycles. The zero-order valence-corrected chi connectivity index (χ0v) is 15.9. The number of aromatic nitrogens is 3. The van der Waals surface area contributed by atoms with Crippen molar-refractivity contribution in [2.75, 3.05) is 31.2 Å². The molecule has 1 fully saturated rings. The van der Waals surface area contributed by atoms with Crippen molar-refractivity contribution in [3.8, 4) is 0 Å². The number of amides is 1. The number of nitrogens with one attached hydrogen (secondary N) is 1. The molecule has 2 aromatic rings. The Morgan fingerprint density at radius 1 is 1.36 bits per heavy atom. The van der Waals surface area contributed by atoms with E-state index in [9.17, 15) is 4.79 Å². The van der Waals surface area contributed by atoms with Crippen LogP contribution in [0, 0.1) is 13.8 Å². The summed E-state index contributed by atoms with van der Waals surface area (Å²) in [4.78, 5) is 19.1. The lowest BCUT2D eigenvalue weighted by Gasteiger charge is -2.26. The van der Waals surface area contributed by atoms with Crippen LogP contribution in [-0.2, 0) is 29.0 Å². The smallest absolute Gasteiger partial charge is 0.242 e. The Morgan fingerprint density at radius 3 is 2.80 bits per heavy atom. The fraction of sp³-hybridized carbons (Fsp3) is 0.588. The molecule has 0 aromatic carbocycles. The predicted octanol–water partition coefficient (Wildman–Crippen LogP) is 1.67. The lowest BCUT2D eigenvalue weighted by molar-refractivity contribution is -0.122. The highest BCUT2D eigenvalue weighted by molar-refractivity contribution is 7.13. The van der Waals surface area contributed by atoms with Crippen LogP contribution >= 0.6 is 11.3 Å². The zero-order valence-electron chi connectivity index (χ0n) is 15.0. The van der Waals surface area contributed by atoms with Gasteiger partial charge in [0.15, 0.2) is 5.13 Å². The van der Waals surface area contributed by atoms with Gasteiger partial charge in [0.1, 0.15) is 6.54 Å². The van der Waals surface area contributed by atoms with Gasteiger partial charge in [-0.15, -0.1) is 11.3 Å². The molecule has 1 N–H and O–H groups in total. The first kappa shape index (κ1) is 17.9. The molecular formula is C17H25N5O2S. The van der Waals surface area contributed by atoms with Gasteiger partial charge < -0.3 is 15.0 Å². The molecule has 2 aromatic heterocycles. The molecule has 25 heavy (non-hydrogen) atoms. The van der Waals surface area contributed by atoms with Crippen molar-refractivity contribution in [3.63, 3.8) is 0 Å². The summed E-state index contributed by atoms with van der Waals surface area (Å²) in [6.07, 6.45) is 0.933. The normalized spacial score (nSPS) is 14.8. The number of carbonyl (C=O) groups is 1. The minimum Gasteiger partial charge on any atom is -0.378 e. The first-order valence-electron chi connectivity index (χ1n) is 8.65. The van der Waals surface area contributed by atoms with Crippen molar-refractivity contribution in [1.82, 2.24) is 20.1 Å². The summed E-state index contributed by atoms with van der Waals surface area (Å²) in [6.45, 7) is 10.0. The molecule has 1 amide bonds. The Hall–Kier alpha value is -1.93. The monoisotopic (exact) mass is 363 g/mol. The lowest BCUT2D eigenvalue weighted by Crippen LogP contribution is -2.36. The molecule has 3 rings (SSSR count). The van der Waals surface area contributed by atoms with Crippen molar-refractivity contribution in [3.05, 3.63) is 28.0 Å². The van der Waals surface area contributed by atoms with E-state index in [-0.39, 0.29) is 12.5 Å².